The van der Waals surface area contributed by atoms with Crippen LogP contribution in [0.5, 0.6) is 17.2 Å². The third kappa shape index (κ3) is 4.04. The molecule has 0 aromatic heterocycles. The van der Waals surface area contributed by atoms with Gasteiger partial charge in [0, 0.05) is 17.7 Å². The van der Waals surface area contributed by atoms with Crippen LogP contribution in [0.15, 0.2) is 72.8 Å². The van der Waals surface area contributed by atoms with Gasteiger partial charge in [0.1, 0.15) is 17.2 Å². The summed E-state index contributed by atoms with van der Waals surface area (Å²) in [7, 11) is 2.90. The SMILES string of the molecule is COc1cc(NC(=O)c2cccc(C(=O)c3cccc4ccccc34)c2O)c(OC)cc1N. The van der Waals surface area contributed by atoms with Crippen molar-refractivity contribution in [2.24, 2.45) is 0 Å². The van der Waals surface area contributed by atoms with Gasteiger partial charge in [-0.25, -0.2) is 0 Å². The van der Waals surface area contributed by atoms with Crippen LogP contribution >= 0.6 is 0 Å². The fraction of sp³-hybridized carbons (Fsp3) is 0.0769. The van der Waals surface area contributed by atoms with Gasteiger partial charge < -0.3 is 25.6 Å². The van der Waals surface area contributed by atoms with E-state index in [2.05, 4.69) is 5.32 Å². The molecular formula is C26H22N2O5. The van der Waals surface area contributed by atoms with Crippen LogP contribution in [0.25, 0.3) is 10.8 Å². The lowest BCUT2D eigenvalue weighted by Gasteiger charge is -2.15. The van der Waals surface area contributed by atoms with Crippen molar-refractivity contribution in [1.29, 1.82) is 0 Å². The molecule has 166 valence electrons. The second-order valence-electron chi connectivity index (χ2n) is 7.31. The monoisotopic (exact) mass is 442 g/mol. The van der Waals surface area contributed by atoms with Crippen LogP contribution in [0.1, 0.15) is 26.3 Å². The van der Waals surface area contributed by atoms with E-state index in [1.165, 1.54) is 38.5 Å². The average molecular weight is 442 g/mol. The molecule has 0 aliphatic heterocycles. The first-order valence-corrected chi connectivity index (χ1v) is 10.1. The van der Waals surface area contributed by atoms with Crippen molar-refractivity contribution in [1.82, 2.24) is 0 Å². The Morgan fingerprint density at radius 3 is 2.21 bits per heavy atom. The molecule has 0 bridgehead atoms. The molecule has 0 aliphatic carbocycles. The number of ether oxygens (including phenoxy) is 2. The quantitative estimate of drug-likeness (QED) is 0.297. The lowest BCUT2D eigenvalue weighted by molar-refractivity contribution is 0.102. The maximum atomic E-state index is 13.3. The van der Waals surface area contributed by atoms with E-state index in [0.717, 1.165) is 10.8 Å². The predicted molar refractivity (Wildman–Crippen MR) is 127 cm³/mol. The van der Waals surface area contributed by atoms with Crippen molar-refractivity contribution in [2.45, 2.75) is 0 Å². The van der Waals surface area contributed by atoms with Gasteiger partial charge in [-0.3, -0.25) is 9.59 Å². The third-order valence-corrected chi connectivity index (χ3v) is 5.36. The molecule has 0 spiro atoms. The van der Waals surface area contributed by atoms with Gasteiger partial charge in [-0.1, -0.05) is 48.5 Å². The molecule has 0 unspecified atom stereocenters. The number of anilines is 2. The van der Waals surface area contributed by atoms with Gasteiger partial charge in [-0.2, -0.15) is 0 Å². The number of nitrogens with two attached hydrogens (primary N) is 1. The van der Waals surface area contributed by atoms with Crippen molar-refractivity contribution in [3.63, 3.8) is 0 Å². The number of aromatic hydroxyl groups is 1. The highest BCUT2D eigenvalue weighted by molar-refractivity contribution is 6.19. The number of para-hydroxylation sites is 1. The van der Waals surface area contributed by atoms with Crippen molar-refractivity contribution in [3.8, 4) is 17.2 Å². The highest BCUT2D eigenvalue weighted by Crippen LogP contribution is 2.35. The van der Waals surface area contributed by atoms with Gasteiger partial charge in [0.05, 0.1) is 36.7 Å². The number of nitrogen functional groups attached to an aromatic ring is 1. The molecule has 0 radical (unpaired) electrons. The first-order chi connectivity index (χ1) is 15.9. The normalized spacial score (nSPS) is 10.6. The Balaban J connectivity index is 1.70. The minimum Gasteiger partial charge on any atom is -0.506 e. The topological polar surface area (TPSA) is 111 Å². The Bertz CT molecular complexity index is 1380. The highest BCUT2D eigenvalue weighted by Gasteiger charge is 2.22. The fourth-order valence-electron chi connectivity index (χ4n) is 3.69. The molecule has 33 heavy (non-hydrogen) atoms. The third-order valence-electron chi connectivity index (χ3n) is 5.36. The zero-order valence-electron chi connectivity index (χ0n) is 18.1. The lowest BCUT2D eigenvalue weighted by Crippen LogP contribution is -2.15. The van der Waals surface area contributed by atoms with E-state index in [-0.39, 0.29) is 16.9 Å². The number of rotatable bonds is 6. The van der Waals surface area contributed by atoms with Gasteiger partial charge >= 0.3 is 0 Å². The molecule has 4 rings (SSSR count). The summed E-state index contributed by atoms with van der Waals surface area (Å²) in [5, 5.41) is 15.2. The summed E-state index contributed by atoms with van der Waals surface area (Å²) in [6.45, 7) is 0. The maximum Gasteiger partial charge on any atom is 0.259 e. The maximum absolute atomic E-state index is 13.3. The number of nitrogens with one attached hydrogen (secondary N) is 1. The molecule has 4 aromatic carbocycles. The van der Waals surface area contributed by atoms with Crippen molar-refractivity contribution in [2.75, 3.05) is 25.3 Å². The number of carbonyl (C=O) groups is 2. The number of amides is 1. The summed E-state index contributed by atoms with van der Waals surface area (Å²) >= 11 is 0. The number of phenolic OH excluding ortho intramolecular Hbond substituents is 1. The molecule has 0 aliphatic rings. The van der Waals surface area contributed by atoms with Crippen LogP contribution in [-0.4, -0.2) is 31.0 Å². The molecule has 4 aromatic rings. The minimum absolute atomic E-state index is 0.0286. The van der Waals surface area contributed by atoms with E-state index in [9.17, 15) is 14.7 Å². The average Bonchev–Trinajstić information content (AvgIpc) is 2.84. The van der Waals surface area contributed by atoms with Crippen molar-refractivity contribution < 1.29 is 24.2 Å². The number of benzene rings is 4. The molecular weight excluding hydrogens is 420 g/mol. The summed E-state index contributed by atoms with van der Waals surface area (Å²) in [5.41, 5.74) is 6.95. The summed E-state index contributed by atoms with van der Waals surface area (Å²) in [5.74, 6) is -0.732. The van der Waals surface area contributed by atoms with Crippen LogP contribution in [0, 0.1) is 0 Å². The van der Waals surface area contributed by atoms with E-state index >= 15 is 0 Å². The van der Waals surface area contributed by atoms with Gasteiger partial charge in [-0.15, -0.1) is 0 Å². The largest absolute Gasteiger partial charge is 0.506 e. The molecule has 0 atom stereocenters. The highest BCUT2D eigenvalue weighted by atomic mass is 16.5. The van der Waals surface area contributed by atoms with Crippen LogP contribution < -0.4 is 20.5 Å². The van der Waals surface area contributed by atoms with Crippen LogP contribution in [0.2, 0.25) is 0 Å². The van der Waals surface area contributed by atoms with E-state index in [1.807, 2.05) is 30.3 Å². The number of methoxy groups -OCH3 is 2. The smallest absolute Gasteiger partial charge is 0.259 e. The molecule has 7 heteroatoms. The zero-order chi connectivity index (χ0) is 23.5. The molecule has 4 N–H and O–H groups in total. The first-order valence-electron chi connectivity index (χ1n) is 10.1. The number of phenols is 1. The van der Waals surface area contributed by atoms with Gasteiger partial charge in [0.15, 0.2) is 5.78 Å². The molecule has 1 amide bonds. The Morgan fingerprint density at radius 2 is 1.45 bits per heavy atom. The van der Waals surface area contributed by atoms with E-state index in [4.69, 9.17) is 15.2 Å². The van der Waals surface area contributed by atoms with E-state index in [0.29, 0.717) is 28.4 Å². The second-order valence-corrected chi connectivity index (χ2v) is 7.31. The number of hydrogen-bond donors (Lipinski definition) is 3. The number of carbonyl (C=O) groups excluding carboxylic acids is 2. The summed E-state index contributed by atoms with van der Waals surface area (Å²) in [4.78, 5) is 26.3. The van der Waals surface area contributed by atoms with Crippen molar-refractivity contribution in [3.05, 3.63) is 89.5 Å². The first kappa shape index (κ1) is 21.7. The standard InChI is InChI=1S/C26H22N2O5/c1-32-22-14-21(23(33-2)13-20(22)27)28-26(31)19-12-6-11-18(25(19)30)24(29)17-10-5-8-15-7-3-4-9-16(15)17/h3-14,30H,27H2,1-2H3,(H,28,31). The van der Waals surface area contributed by atoms with Gasteiger partial charge in [-0.05, 0) is 22.9 Å². The van der Waals surface area contributed by atoms with E-state index in [1.54, 1.807) is 18.2 Å². The summed E-state index contributed by atoms with van der Waals surface area (Å²) in [6, 6.07) is 20.4. The second kappa shape index (κ2) is 8.92. The molecule has 7 nitrogen and oxygen atoms in total. The summed E-state index contributed by atoms with van der Waals surface area (Å²) in [6.07, 6.45) is 0. The van der Waals surface area contributed by atoms with Crippen molar-refractivity contribution >= 4 is 33.8 Å². The Kier molecular flexibility index (Phi) is 5.87. The molecule has 0 fully saturated rings. The summed E-state index contributed by atoms with van der Waals surface area (Å²) < 4.78 is 10.5. The predicted octanol–water partition coefficient (Wildman–Crippen LogP) is 4.63. The Morgan fingerprint density at radius 1 is 0.818 bits per heavy atom. The number of ketones is 1. The zero-order valence-corrected chi connectivity index (χ0v) is 18.1. The lowest BCUT2D eigenvalue weighted by atomic mass is 9.95. The van der Waals surface area contributed by atoms with Gasteiger partial charge in [0.25, 0.3) is 5.91 Å². The van der Waals surface area contributed by atoms with E-state index < -0.39 is 11.7 Å². The Labute approximate surface area is 190 Å². The number of hydrogen-bond acceptors (Lipinski definition) is 6. The van der Waals surface area contributed by atoms with Gasteiger partial charge in [0.2, 0.25) is 0 Å². The van der Waals surface area contributed by atoms with Crippen LogP contribution in [0.4, 0.5) is 11.4 Å². The number of fused-ring (bicyclic) bond motifs is 1. The molecule has 0 saturated carbocycles. The molecule has 0 heterocycles. The molecule has 0 saturated heterocycles. The minimum atomic E-state index is -0.620. The van der Waals surface area contributed by atoms with Crippen LogP contribution in [0.3, 0.4) is 0 Å². The van der Waals surface area contributed by atoms with Crippen LogP contribution in [-0.2, 0) is 0 Å². The fourth-order valence-corrected chi connectivity index (χ4v) is 3.69. The Hall–Kier alpha value is -4.52.